The number of aromatic nitrogens is 1. The molecule has 1 amide bonds. The van der Waals surface area contributed by atoms with Crippen LogP contribution in [0.2, 0.25) is 0 Å². The lowest BCUT2D eigenvalue weighted by molar-refractivity contribution is -0.148. The van der Waals surface area contributed by atoms with Gasteiger partial charge in [-0.05, 0) is 38.3 Å². The Bertz CT molecular complexity index is 523. The Morgan fingerprint density at radius 3 is 2.58 bits per heavy atom. The van der Waals surface area contributed by atoms with E-state index in [9.17, 15) is 14.7 Å². The molecule has 1 saturated carbocycles. The molecular weight excluding hydrogens is 248 g/mol. The predicted molar refractivity (Wildman–Crippen MR) is 67.2 cm³/mol. The van der Waals surface area contributed by atoms with Gasteiger partial charge in [0.05, 0.1) is 7.11 Å². The Kier molecular flexibility index (Phi) is 3.42. The topological polar surface area (TPSA) is 88.5 Å². The molecule has 1 aliphatic carbocycles. The van der Waals surface area contributed by atoms with Crippen molar-refractivity contribution < 1.29 is 19.4 Å². The molecule has 0 atom stereocenters. The monoisotopic (exact) mass is 264 g/mol. The van der Waals surface area contributed by atoms with Crippen LogP contribution in [0.1, 0.15) is 35.3 Å². The second-order valence-electron chi connectivity index (χ2n) is 4.70. The Morgan fingerprint density at radius 2 is 2.11 bits per heavy atom. The zero-order chi connectivity index (χ0) is 14.0. The van der Waals surface area contributed by atoms with Crippen LogP contribution in [0.15, 0.2) is 12.1 Å². The first-order valence-corrected chi connectivity index (χ1v) is 6.06. The van der Waals surface area contributed by atoms with Crippen molar-refractivity contribution in [2.75, 3.05) is 7.11 Å². The molecule has 1 aromatic rings. The van der Waals surface area contributed by atoms with Gasteiger partial charge in [-0.2, -0.15) is 0 Å². The quantitative estimate of drug-likeness (QED) is 0.851. The van der Waals surface area contributed by atoms with Crippen LogP contribution in [0, 0.1) is 6.92 Å². The zero-order valence-electron chi connectivity index (χ0n) is 10.9. The Labute approximate surface area is 110 Å². The van der Waals surface area contributed by atoms with Gasteiger partial charge in [-0.15, -0.1) is 0 Å². The number of amides is 1. The molecule has 0 spiro atoms. The van der Waals surface area contributed by atoms with Crippen molar-refractivity contribution in [2.24, 2.45) is 0 Å². The van der Waals surface area contributed by atoms with E-state index >= 15 is 0 Å². The molecule has 1 fully saturated rings. The van der Waals surface area contributed by atoms with Crippen molar-refractivity contribution in [3.63, 3.8) is 0 Å². The van der Waals surface area contributed by atoms with E-state index < -0.39 is 17.4 Å². The van der Waals surface area contributed by atoms with Crippen molar-refractivity contribution >= 4 is 11.9 Å². The van der Waals surface area contributed by atoms with Crippen molar-refractivity contribution in [1.82, 2.24) is 10.3 Å². The van der Waals surface area contributed by atoms with Crippen molar-refractivity contribution in [3.05, 3.63) is 23.4 Å². The maximum absolute atomic E-state index is 12.2. The van der Waals surface area contributed by atoms with E-state index in [1.54, 1.807) is 19.1 Å². The van der Waals surface area contributed by atoms with Crippen LogP contribution in [-0.2, 0) is 4.79 Å². The lowest BCUT2D eigenvalue weighted by atomic mass is 9.76. The van der Waals surface area contributed by atoms with E-state index in [2.05, 4.69) is 10.3 Å². The number of methoxy groups -OCH3 is 1. The van der Waals surface area contributed by atoms with Crippen LogP contribution in [-0.4, -0.2) is 34.6 Å². The summed E-state index contributed by atoms with van der Waals surface area (Å²) in [5.74, 6) is -1.25. The average molecular weight is 264 g/mol. The van der Waals surface area contributed by atoms with Gasteiger partial charge in [0.25, 0.3) is 5.91 Å². The lowest BCUT2D eigenvalue weighted by Crippen LogP contribution is -2.59. The number of hydrogen-bond donors (Lipinski definition) is 2. The van der Waals surface area contributed by atoms with Gasteiger partial charge in [-0.25, -0.2) is 9.78 Å². The zero-order valence-corrected chi connectivity index (χ0v) is 10.9. The highest BCUT2D eigenvalue weighted by atomic mass is 16.5. The van der Waals surface area contributed by atoms with Crippen molar-refractivity contribution in [1.29, 1.82) is 0 Å². The van der Waals surface area contributed by atoms with Gasteiger partial charge in [0.2, 0.25) is 5.88 Å². The summed E-state index contributed by atoms with van der Waals surface area (Å²) < 4.78 is 5.05. The maximum Gasteiger partial charge on any atom is 0.329 e. The minimum absolute atomic E-state index is 0.206. The Balaban J connectivity index is 2.23. The molecular formula is C13H16N2O4. The van der Waals surface area contributed by atoms with Gasteiger partial charge >= 0.3 is 5.97 Å². The van der Waals surface area contributed by atoms with Crippen LogP contribution in [0.5, 0.6) is 5.88 Å². The molecule has 6 nitrogen and oxygen atoms in total. The van der Waals surface area contributed by atoms with Crippen molar-refractivity contribution in [2.45, 2.75) is 31.7 Å². The number of nitrogens with zero attached hydrogens (tertiary/aromatic N) is 1. The van der Waals surface area contributed by atoms with Gasteiger partial charge in [0.1, 0.15) is 11.1 Å². The number of aliphatic carboxylic acids is 1. The number of carboxylic acid groups (broad SMARTS) is 1. The summed E-state index contributed by atoms with van der Waals surface area (Å²) in [5, 5.41) is 11.8. The number of pyridine rings is 1. The minimum atomic E-state index is -1.13. The summed E-state index contributed by atoms with van der Waals surface area (Å²) in [5.41, 5.74) is -0.155. The fourth-order valence-electron chi connectivity index (χ4n) is 2.07. The number of nitrogens with one attached hydrogen (secondary N) is 1. The number of aryl methyl sites for hydroxylation is 1. The molecule has 6 heteroatoms. The fourth-order valence-corrected chi connectivity index (χ4v) is 2.07. The molecule has 0 aliphatic heterocycles. The van der Waals surface area contributed by atoms with E-state index in [0.29, 0.717) is 12.8 Å². The highest BCUT2D eigenvalue weighted by Gasteiger charge is 2.46. The number of carbonyl (C=O) groups is 2. The molecule has 0 radical (unpaired) electrons. The molecule has 0 aromatic carbocycles. The van der Waals surface area contributed by atoms with Gasteiger partial charge < -0.3 is 15.2 Å². The van der Waals surface area contributed by atoms with Gasteiger partial charge in [0.15, 0.2) is 0 Å². The molecule has 1 aromatic heterocycles. The molecule has 19 heavy (non-hydrogen) atoms. The molecule has 2 rings (SSSR count). The maximum atomic E-state index is 12.2. The molecule has 1 heterocycles. The normalized spacial score (nSPS) is 16.3. The third-order valence-electron chi connectivity index (χ3n) is 3.41. The highest BCUT2D eigenvalue weighted by Crippen LogP contribution is 2.32. The fraction of sp³-hybridized carbons (Fsp3) is 0.462. The van der Waals surface area contributed by atoms with E-state index in [0.717, 1.165) is 12.1 Å². The molecule has 0 bridgehead atoms. The largest absolute Gasteiger partial charge is 0.480 e. The van der Waals surface area contributed by atoms with Crippen LogP contribution < -0.4 is 10.1 Å². The number of hydrogen-bond acceptors (Lipinski definition) is 4. The van der Waals surface area contributed by atoms with Crippen LogP contribution in [0.4, 0.5) is 0 Å². The molecule has 0 unspecified atom stereocenters. The SMILES string of the molecule is COc1nc(C)ccc1C(=O)NC1(C(=O)O)CCC1. The third kappa shape index (κ3) is 2.38. The Morgan fingerprint density at radius 1 is 1.42 bits per heavy atom. The van der Waals surface area contributed by atoms with Crippen molar-refractivity contribution in [3.8, 4) is 5.88 Å². The number of ether oxygens (including phenoxy) is 1. The van der Waals surface area contributed by atoms with Crippen LogP contribution >= 0.6 is 0 Å². The number of rotatable bonds is 4. The molecule has 2 N–H and O–H groups in total. The summed E-state index contributed by atoms with van der Waals surface area (Å²) in [7, 11) is 1.43. The first-order valence-electron chi connectivity index (χ1n) is 6.06. The van der Waals surface area contributed by atoms with Crippen LogP contribution in [0.25, 0.3) is 0 Å². The van der Waals surface area contributed by atoms with Crippen LogP contribution in [0.3, 0.4) is 0 Å². The van der Waals surface area contributed by atoms with E-state index in [1.165, 1.54) is 7.11 Å². The summed E-state index contributed by atoms with van der Waals surface area (Å²) >= 11 is 0. The average Bonchev–Trinajstić information content (AvgIpc) is 2.32. The summed E-state index contributed by atoms with van der Waals surface area (Å²) in [6, 6.07) is 3.27. The van der Waals surface area contributed by atoms with Gasteiger partial charge in [0, 0.05) is 5.69 Å². The van der Waals surface area contributed by atoms with Gasteiger partial charge in [-0.1, -0.05) is 0 Å². The van der Waals surface area contributed by atoms with E-state index in [-0.39, 0.29) is 11.4 Å². The van der Waals surface area contributed by atoms with E-state index in [1.807, 2.05) is 0 Å². The van der Waals surface area contributed by atoms with E-state index in [4.69, 9.17) is 4.74 Å². The summed E-state index contributed by atoms with van der Waals surface area (Å²) in [4.78, 5) is 27.5. The standard InChI is InChI=1S/C13H16N2O4/c1-8-4-5-9(11(14-8)19-2)10(16)15-13(12(17)18)6-3-7-13/h4-5H,3,6-7H2,1-2H3,(H,15,16)(H,17,18). The first kappa shape index (κ1) is 13.3. The smallest absolute Gasteiger partial charge is 0.329 e. The Hall–Kier alpha value is -2.11. The third-order valence-corrected chi connectivity index (χ3v) is 3.41. The molecule has 0 saturated heterocycles. The molecule has 102 valence electrons. The first-order chi connectivity index (χ1) is 8.98. The number of carboxylic acids is 1. The highest BCUT2D eigenvalue weighted by molar-refractivity contribution is 5.99. The second kappa shape index (κ2) is 4.87. The predicted octanol–water partition coefficient (Wildman–Crippen LogP) is 1.14. The lowest BCUT2D eigenvalue weighted by Gasteiger charge is -2.38. The van der Waals surface area contributed by atoms with Gasteiger partial charge in [-0.3, -0.25) is 4.79 Å². The molecule has 1 aliphatic rings. The summed E-state index contributed by atoms with van der Waals surface area (Å²) in [6.07, 6.45) is 1.71. The second-order valence-corrected chi connectivity index (χ2v) is 4.70. The summed E-state index contributed by atoms with van der Waals surface area (Å²) in [6.45, 7) is 1.79. The number of carbonyl (C=O) groups excluding carboxylic acids is 1. The minimum Gasteiger partial charge on any atom is -0.480 e.